The summed E-state index contributed by atoms with van der Waals surface area (Å²) in [6.45, 7) is 0.796. The third-order valence-electron chi connectivity index (χ3n) is 2.70. The molecule has 1 aliphatic heterocycles. The Morgan fingerprint density at radius 3 is 3.11 bits per heavy atom. The molecular formula is C11H14N2O4S. The Morgan fingerprint density at radius 2 is 2.44 bits per heavy atom. The fourth-order valence-electron chi connectivity index (χ4n) is 1.72. The van der Waals surface area contributed by atoms with Crippen LogP contribution in [0, 0.1) is 0 Å². The van der Waals surface area contributed by atoms with Crippen LogP contribution in [0.5, 0.6) is 0 Å². The third kappa shape index (κ3) is 2.98. The Bertz CT molecular complexity index is 421. The smallest absolute Gasteiger partial charge is 0.327 e. The number of nitrogens with zero attached hydrogens (tertiary/aromatic N) is 1. The predicted molar refractivity (Wildman–Crippen MR) is 66.4 cm³/mol. The summed E-state index contributed by atoms with van der Waals surface area (Å²) >= 11 is 1.55. The van der Waals surface area contributed by atoms with Crippen LogP contribution in [-0.4, -0.2) is 46.1 Å². The second-order valence-corrected chi connectivity index (χ2v) is 5.06. The maximum Gasteiger partial charge on any atom is 0.327 e. The summed E-state index contributed by atoms with van der Waals surface area (Å²) in [6.07, 6.45) is 3.07. The average molecular weight is 270 g/mol. The molecule has 6 nitrogen and oxygen atoms in total. The van der Waals surface area contributed by atoms with Crippen molar-refractivity contribution in [3.63, 3.8) is 0 Å². The first-order valence-corrected chi connectivity index (χ1v) is 6.70. The van der Waals surface area contributed by atoms with Crippen molar-refractivity contribution in [2.75, 3.05) is 18.1 Å². The summed E-state index contributed by atoms with van der Waals surface area (Å²) in [5.41, 5.74) is 0.849. The molecule has 1 aromatic rings. The number of nitrogens with one attached hydrogen (secondary N) is 1. The standard InChI is InChI=1S/C11H14N2O4S/c14-10(15)9-7-18-4-2-13(9)11(16)12-5-8-1-3-17-6-8/h1,3,6,9H,2,4-5,7H2,(H,12,16)(H,14,15). The molecule has 2 heterocycles. The van der Waals surface area contributed by atoms with Gasteiger partial charge in [0.15, 0.2) is 0 Å². The van der Waals surface area contributed by atoms with Crippen LogP contribution in [-0.2, 0) is 11.3 Å². The lowest BCUT2D eigenvalue weighted by atomic mass is 10.3. The van der Waals surface area contributed by atoms with Gasteiger partial charge in [-0.25, -0.2) is 9.59 Å². The van der Waals surface area contributed by atoms with Gasteiger partial charge >= 0.3 is 12.0 Å². The van der Waals surface area contributed by atoms with Crippen LogP contribution < -0.4 is 5.32 Å². The molecule has 98 valence electrons. The maximum absolute atomic E-state index is 11.9. The summed E-state index contributed by atoms with van der Waals surface area (Å²) in [5, 5.41) is 11.8. The zero-order chi connectivity index (χ0) is 13.0. The van der Waals surface area contributed by atoms with E-state index in [1.807, 2.05) is 0 Å². The third-order valence-corrected chi connectivity index (χ3v) is 3.72. The fourth-order valence-corrected chi connectivity index (χ4v) is 2.76. The van der Waals surface area contributed by atoms with Gasteiger partial charge in [0.1, 0.15) is 6.04 Å². The van der Waals surface area contributed by atoms with E-state index >= 15 is 0 Å². The van der Waals surface area contributed by atoms with E-state index in [9.17, 15) is 9.59 Å². The second-order valence-electron chi connectivity index (χ2n) is 3.91. The molecule has 18 heavy (non-hydrogen) atoms. The van der Waals surface area contributed by atoms with E-state index in [-0.39, 0.29) is 6.03 Å². The molecule has 0 radical (unpaired) electrons. The van der Waals surface area contributed by atoms with Gasteiger partial charge in [-0.15, -0.1) is 0 Å². The molecule has 0 saturated carbocycles. The van der Waals surface area contributed by atoms with E-state index in [0.717, 1.165) is 11.3 Å². The van der Waals surface area contributed by atoms with Crippen molar-refractivity contribution < 1.29 is 19.1 Å². The zero-order valence-corrected chi connectivity index (χ0v) is 10.5. The Morgan fingerprint density at radius 1 is 1.61 bits per heavy atom. The number of hydrogen-bond acceptors (Lipinski definition) is 4. The van der Waals surface area contributed by atoms with Gasteiger partial charge in [-0.3, -0.25) is 0 Å². The molecule has 0 bridgehead atoms. The Balaban J connectivity index is 1.92. The first kappa shape index (κ1) is 12.8. The molecule has 2 amide bonds. The number of carboxylic acids is 1. The molecule has 1 aromatic heterocycles. The number of thioether (sulfide) groups is 1. The number of carbonyl (C=O) groups is 2. The molecule has 2 N–H and O–H groups in total. The minimum absolute atomic E-state index is 0.339. The number of carboxylic acid groups (broad SMARTS) is 1. The Kier molecular flexibility index (Phi) is 4.14. The van der Waals surface area contributed by atoms with Gasteiger partial charge in [0, 0.05) is 30.2 Å². The van der Waals surface area contributed by atoms with E-state index < -0.39 is 12.0 Å². The lowest BCUT2D eigenvalue weighted by Crippen LogP contribution is -2.53. The first-order chi connectivity index (χ1) is 8.68. The number of carbonyl (C=O) groups excluding carboxylic acids is 1. The summed E-state index contributed by atoms with van der Waals surface area (Å²) in [5.74, 6) is 0.248. The molecule has 0 spiro atoms. The molecule has 7 heteroatoms. The van der Waals surface area contributed by atoms with Gasteiger partial charge in [0.2, 0.25) is 0 Å². The molecular weight excluding hydrogens is 256 g/mol. The average Bonchev–Trinajstić information content (AvgIpc) is 2.89. The van der Waals surface area contributed by atoms with Crippen LogP contribution in [0.1, 0.15) is 5.56 Å². The van der Waals surface area contributed by atoms with Crippen molar-refractivity contribution >= 4 is 23.8 Å². The summed E-state index contributed by atoms with van der Waals surface area (Å²) < 4.78 is 4.89. The van der Waals surface area contributed by atoms with E-state index in [0.29, 0.717) is 18.8 Å². The molecule has 1 saturated heterocycles. The minimum Gasteiger partial charge on any atom is -0.480 e. The summed E-state index contributed by atoms with van der Waals surface area (Å²) in [6, 6.07) is 0.665. The Hall–Kier alpha value is -1.63. The van der Waals surface area contributed by atoms with E-state index in [4.69, 9.17) is 9.52 Å². The van der Waals surface area contributed by atoms with Crippen LogP contribution in [0.2, 0.25) is 0 Å². The maximum atomic E-state index is 11.9. The number of aliphatic carboxylic acids is 1. The van der Waals surface area contributed by atoms with Crippen molar-refractivity contribution in [3.8, 4) is 0 Å². The molecule has 1 fully saturated rings. The van der Waals surface area contributed by atoms with Gasteiger partial charge in [-0.1, -0.05) is 0 Å². The van der Waals surface area contributed by atoms with E-state index in [2.05, 4.69) is 5.32 Å². The second kappa shape index (κ2) is 5.81. The van der Waals surface area contributed by atoms with Crippen LogP contribution in [0.25, 0.3) is 0 Å². The van der Waals surface area contributed by atoms with Crippen molar-refractivity contribution in [3.05, 3.63) is 24.2 Å². The summed E-state index contributed by atoms with van der Waals surface area (Å²) in [4.78, 5) is 24.3. The number of hydrogen-bond donors (Lipinski definition) is 2. The zero-order valence-electron chi connectivity index (χ0n) is 9.67. The van der Waals surface area contributed by atoms with Crippen LogP contribution in [0.15, 0.2) is 23.0 Å². The van der Waals surface area contributed by atoms with Crippen molar-refractivity contribution in [1.29, 1.82) is 0 Å². The molecule has 1 unspecified atom stereocenters. The number of rotatable bonds is 3. The predicted octanol–water partition coefficient (Wildman–Crippen LogP) is 0.991. The highest BCUT2D eigenvalue weighted by Crippen LogP contribution is 2.16. The summed E-state index contributed by atoms with van der Waals surface area (Å²) in [7, 11) is 0. The molecule has 1 aliphatic rings. The minimum atomic E-state index is -0.958. The number of amides is 2. The fraction of sp³-hybridized carbons (Fsp3) is 0.455. The lowest BCUT2D eigenvalue weighted by Gasteiger charge is -2.32. The van der Waals surface area contributed by atoms with Crippen molar-refractivity contribution in [2.45, 2.75) is 12.6 Å². The molecule has 1 atom stereocenters. The van der Waals surface area contributed by atoms with Gasteiger partial charge in [-0.05, 0) is 6.07 Å². The van der Waals surface area contributed by atoms with Crippen LogP contribution >= 0.6 is 11.8 Å². The largest absolute Gasteiger partial charge is 0.480 e. The first-order valence-electron chi connectivity index (χ1n) is 5.54. The van der Waals surface area contributed by atoms with E-state index in [1.54, 1.807) is 24.1 Å². The molecule has 0 aromatic carbocycles. The highest BCUT2D eigenvalue weighted by Gasteiger charge is 2.32. The quantitative estimate of drug-likeness (QED) is 0.856. The van der Waals surface area contributed by atoms with Gasteiger partial charge in [0.25, 0.3) is 0 Å². The van der Waals surface area contributed by atoms with Crippen molar-refractivity contribution in [2.24, 2.45) is 0 Å². The van der Waals surface area contributed by atoms with Gasteiger partial charge < -0.3 is 19.7 Å². The highest BCUT2D eigenvalue weighted by atomic mass is 32.2. The normalized spacial score (nSPS) is 19.6. The Labute approximate surface area is 108 Å². The van der Waals surface area contributed by atoms with Crippen LogP contribution in [0.3, 0.4) is 0 Å². The molecule has 0 aliphatic carbocycles. The van der Waals surface area contributed by atoms with E-state index in [1.165, 1.54) is 11.2 Å². The van der Waals surface area contributed by atoms with Gasteiger partial charge in [0.05, 0.1) is 12.5 Å². The molecule has 2 rings (SSSR count). The van der Waals surface area contributed by atoms with Crippen LogP contribution in [0.4, 0.5) is 4.79 Å². The highest BCUT2D eigenvalue weighted by molar-refractivity contribution is 7.99. The number of urea groups is 1. The number of furan rings is 1. The monoisotopic (exact) mass is 270 g/mol. The van der Waals surface area contributed by atoms with Crippen molar-refractivity contribution in [1.82, 2.24) is 10.2 Å². The van der Waals surface area contributed by atoms with Gasteiger partial charge in [-0.2, -0.15) is 11.8 Å². The topological polar surface area (TPSA) is 82.8 Å². The SMILES string of the molecule is O=C(O)C1CSCCN1C(=O)NCc1ccoc1. The lowest BCUT2D eigenvalue weighted by molar-refractivity contribution is -0.141.